The molecular weight excluding hydrogens is 394 g/mol. The molecule has 0 radical (unpaired) electrons. The molecule has 1 amide bonds. The Labute approximate surface area is 180 Å². The van der Waals surface area contributed by atoms with Crippen molar-refractivity contribution in [2.45, 2.75) is 20.0 Å². The standard InChI is InChI=1S/C25H23NO5/c1-3-30-22-16-10-9-15-21(22)26-24(28)17(2)31-25(29)20-14-8-7-13-19(20)23(27)18-11-5-4-6-12-18/h4-17H,3H2,1-2H3,(H,26,28)/t17-/m0/s1. The third-order valence-electron chi connectivity index (χ3n) is 4.53. The second-order valence-electron chi connectivity index (χ2n) is 6.71. The Kier molecular flexibility index (Phi) is 7.17. The molecule has 3 aromatic carbocycles. The van der Waals surface area contributed by atoms with E-state index in [4.69, 9.17) is 9.47 Å². The normalized spacial score (nSPS) is 11.3. The van der Waals surface area contributed by atoms with E-state index in [1.54, 1.807) is 72.8 Å². The summed E-state index contributed by atoms with van der Waals surface area (Å²) >= 11 is 0. The summed E-state index contributed by atoms with van der Waals surface area (Å²) in [4.78, 5) is 38.2. The molecule has 0 fully saturated rings. The lowest BCUT2D eigenvalue weighted by Crippen LogP contribution is -2.30. The van der Waals surface area contributed by atoms with E-state index >= 15 is 0 Å². The molecule has 0 aliphatic heterocycles. The highest BCUT2D eigenvalue weighted by atomic mass is 16.5. The van der Waals surface area contributed by atoms with Crippen molar-refractivity contribution in [3.05, 3.63) is 95.6 Å². The van der Waals surface area contributed by atoms with Crippen LogP contribution in [0.1, 0.15) is 40.1 Å². The lowest BCUT2D eigenvalue weighted by molar-refractivity contribution is -0.123. The summed E-state index contributed by atoms with van der Waals surface area (Å²) in [5, 5.41) is 2.71. The van der Waals surface area contributed by atoms with E-state index in [2.05, 4.69) is 5.32 Å². The van der Waals surface area contributed by atoms with Crippen molar-refractivity contribution >= 4 is 23.3 Å². The molecule has 3 rings (SSSR count). The summed E-state index contributed by atoms with van der Waals surface area (Å²) in [5.74, 6) is -1.03. The molecule has 1 atom stereocenters. The van der Waals surface area contributed by atoms with E-state index in [1.807, 2.05) is 6.92 Å². The highest BCUT2D eigenvalue weighted by Gasteiger charge is 2.24. The summed E-state index contributed by atoms with van der Waals surface area (Å²) < 4.78 is 10.8. The van der Waals surface area contributed by atoms with Gasteiger partial charge in [0.05, 0.1) is 17.9 Å². The highest BCUT2D eigenvalue weighted by Crippen LogP contribution is 2.24. The van der Waals surface area contributed by atoms with Crippen LogP contribution in [0.2, 0.25) is 0 Å². The Morgan fingerprint density at radius 2 is 1.45 bits per heavy atom. The van der Waals surface area contributed by atoms with Gasteiger partial charge in [-0.1, -0.05) is 60.7 Å². The Hall–Kier alpha value is -3.93. The number of amides is 1. The van der Waals surface area contributed by atoms with Crippen LogP contribution in [0.15, 0.2) is 78.9 Å². The van der Waals surface area contributed by atoms with Crippen LogP contribution in [0.5, 0.6) is 5.75 Å². The smallest absolute Gasteiger partial charge is 0.339 e. The second kappa shape index (κ2) is 10.2. The number of carbonyl (C=O) groups excluding carboxylic acids is 3. The van der Waals surface area contributed by atoms with Crippen LogP contribution >= 0.6 is 0 Å². The Balaban J connectivity index is 1.73. The third-order valence-corrected chi connectivity index (χ3v) is 4.53. The van der Waals surface area contributed by atoms with Crippen LogP contribution in [0, 0.1) is 0 Å². The summed E-state index contributed by atoms with van der Waals surface area (Å²) in [6.45, 7) is 3.76. The van der Waals surface area contributed by atoms with Gasteiger partial charge < -0.3 is 14.8 Å². The predicted molar refractivity (Wildman–Crippen MR) is 117 cm³/mol. The average Bonchev–Trinajstić information content (AvgIpc) is 2.80. The van der Waals surface area contributed by atoms with Gasteiger partial charge in [-0.15, -0.1) is 0 Å². The molecule has 31 heavy (non-hydrogen) atoms. The minimum absolute atomic E-state index is 0.103. The molecule has 0 heterocycles. The maximum atomic E-state index is 12.8. The van der Waals surface area contributed by atoms with Gasteiger partial charge in [-0.3, -0.25) is 9.59 Å². The number of rotatable bonds is 8. The van der Waals surface area contributed by atoms with Gasteiger partial charge in [-0.2, -0.15) is 0 Å². The highest BCUT2D eigenvalue weighted by molar-refractivity contribution is 6.14. The fourth-order valence-corrected chi connectivity index (χ4v) is 2.97. The molecule has 158 valence electrons. The van der Waals surface area contributed by atoms with Crippen LogP contribution in [0.25, 0.3) is 0 Å². The average molecular weight is 417 g/mol. The van der Waals surface area contributed by atoms with Crippen molar-refractivity contribution in [1.29, 1.82) is 0 Å². The van der Waals surface area contributed by atoms with Crippen LogP contribution < -0.4 is 10.1 Å². The minimum Gasteiger partial charge on any atom is -0.492 e. The number of hydrogen-bond donors (Lipinski definition) is 1. The van der Waals surface area contributed by atoms with Crippen molar-refractivity contribution in [2.24, 2.45) is 0 Å². The SMILES string of the molecule is CCOc1ccccc1NC(=O)[C@H](C)OC(=O)c1ccccc1C(=O)c1ccccc1. The van der Waals surface area contributed by atoms with E-state index in [1.165, 1.54) is 13.0 Å². The number of anilines is 1. The molecule has 0 aliphatic rings. The number of benzene rings is 3. The van der Waals surface area contributed by atoms with Gasteiger partial charge in [-0.25, -0.2) is 4.79 Å². The molecule has 0 saturated carbocycles. The zero-order valence-corrected chi connectivity index (χ0v) is 17.3. The molecule has 0 bridgehead atoms. The molecule has 6 heteroatoms. The first-order valence-electron chi connectivity index (χ1n) is 9.93. The van der Waals surface area contributed by atoms with E-state index in [0.717, 1.165) is 0 Å². The number of ether oxygens (including phenoxy) is 2. The number of carbonyl (C=O) groups is 3. The summed E-state index contributed by atoms with van der Waals surface area (Å²) in [6.07, 6.45) is -1.08. The molecule has 6 nitrogen and oxygen atoms in total. The first kappa shape index (κ1) is 21.8. The molecule has 3 aromatic rings. The molecule has 0 aliphatic carbocycles. The molecule has 0 saturated heterocycles. The van der Waals surface area contributed by atoms with Gasteiger partial charge in [0.2, 0.25) is 0 Å². The van der Waals surface area contributed by atoms with Gasteiger partial charge >= 0.3 is 5.97 Å². The number of esters is 1. The Bertz CT molecular complexity index is 1080. The zero-order valence-electron chi connectivity index (χ0n) is 17.3. The third kappa shape index (κ3) is 5.36. The summed E-state index contributed by atoms with van der Waals surface area (Å²) in [7, 11) is 0. The second-order valence-corrected chi connectivity index (χ2v) is 6.71. The van der Waals surface area contributed by atoms with E-state index in [9.17, 15) is 14.4 Å². The maximum Gasteiger partial charge on any atom is 0.339 e. The Morgan fingerprint density at radius 3 is 2.16 bits per heavy atom. The van der Waals surface area contributed by atoms with E-state index in [0.29, 0.717) is 23.6 Å². The van der Waals surface area contributed by atoms with Crippen molar-refractivity contribution in [2.75, 3.05) is 11.9 Å². The number of nitrogens with one attached hydrogen (secondary N) is 1. The zero-order chi connectivity index (χ0) is 22.2. The van der Waals surface area contributed by atoms with Gasteiger partial charge in [0.15, 0.2) is 11.9 Å². The molecule has 0 aromatic heterocycles. The molecule has 0 unspecified atom stereocenters. The number of para-hydroxylation sites is 2. The van der Waals surface area contributed by atoms with Crippen molar-refractivity contribution in [3.63, 3.8) is 0 Å². The first-order valence-corrected chi connectivity index (χ1v) is 9.93. The Morgan fingerprint density at radius 1 is 0.839 bits per heavy atom. The predicted octanol–water partition coefficient (Wildman–Crippen LogP) is 4.50. The number of ketones is 1. The van der Waals surface area contributed by atoms with Crippen LogP contribution in [0.4, 0.5) is 5.69 Å². The van der Waals surface area contributed by atoms with Crippen molar-refractivity contribution in [1.82, 2.24) is 0 Å². The van der Waals surface area contributed by atoms with Gasteiger partial charge in [-0.05, 0) is 32.0 Å². The van der Waals surface area contributed by atoms with E-state index in [-0.39, 0.29) is 16.9 Å². The molecule has 0 spiro atoms. The lowest BCUT2D eigenvalue weighted by atomic mass is 9.98. The first-order chi connectivity index (χ1) is 15.0. The van der Waals surface area contributed by atoms with Gasteiger partial charge in [0, 0.05) is 11.1 Å². The van der Waals surface area contributed by atoms with Gasteiger partial charge in [0.1, 0.15) is 5.75 Å². The molecular formula is C25H23NO5. The van der Waals surface area contributed by atoms with Crippen LogP contribution in [-0.2, 0) is 9.53 Å². The summed E-state index contributed by atoms with van der Waals surface area (Å²) in [6, 6.07) is 22.0. The monoisotopic (exact) mass is 417 g/mol. The molecule has 1 N–H and O–H groups in total. The quantitative estimate of drug-likeness (QED) is 0.431. The maximum absolute atomic E-state index is 12.8. The lowest BCUT2D eigenvalue weighted by Gasteiger charge is -2.16. The fourth-order valence-electron chi connectivity index (χ4n) is 2.97. The van der Waals surface area contributed by atoms with Crippen LogP contribution in [-0.4, -0.2) is 30.4 Å². The minimum atomic E-state index is -1.08. The number of hydrogen-bond acceptors (Lipinski definition) is 5. The van der Waals surface area contributed by atoms with Crippen LogP contribution in [0.3, 0.4) is 0 Å². The van der Waals surface area contributed by atoms with Gasteiger partial charge in [0.25, 0.3) is 5.91 Å². The van der Waals surface area contributed by atoms with E-state index < -0.39 is 18.0 Å². The topological polar surface area (TPSA) is 81.7 Å². The summed E-state index contributed by atoms with van der Waals surface area (Å²) in [5.41, 5.74) is 1.26. The van der Waals surface area contributed by atoms with Crippen molar-refractivity contribution in [3.8, 4) is 5.75 Å². The fraction of sp³-hybridized carbons (Fsp3) is 0.160. The largest absolute Gasteiger partial charge is 0.492 e. The van der Waals surface area contributed by atoms with Crippen molar-refractivity contribution < 1.29 is 23.9 Å².